The fourth-order valence-electron chi connectivity index (χ4n) is 3.45. The van der Waals surface area contributed by atoms with Crippen LogP contribution in [-0.2, 0) is 6.18 Å². The average Bonchev–Trinajstić information content (AvgIpc) is 3.14. The summed E-state index contributed by atoms with van der Waals surface area (Å²) in [4.78, 5) is 24.4. The molecule has 0 bridgehead atoms. The predicted octanol–water partition coefficient (Wildman–Crippen LogP) is 6.69. The molecule has 12 heteroatoms. The van der Waals surface area contributed by atoms with Gasteiger partial charge in [-0.2, -0.15) is 23.0 Å². The molecule has 0 saturated carbocycles. The second-order valence-corrected chi connectivity index (χ2v) is 7.79. The lowest BCUT2D eigenvalue weighted by Crippen LogP contribution is -2.20. The molecule has 1 heterocycles. The maximum Gasteiger partial charge on any atom is 0.417 e. The number of hydrogen-bond acceptors (Lipinski definition) is 3. The SMILES string of the molecule is O=C(O)c1cc(F)c(-c2nn(C(=O)c3c(Cl)cccc3C(F)(F)F)c3cccc(F)c23)cc1Cl. The van der Waals surface area contributed by atoms with Crippen molar-refractivity contribution in [2.75, 3.05) is 0 Å². The smallest absolute Gasteiger partial charge is 0.417 e. The van der Waals surface area contributed by atoms with Crippen LogP contribution in [0.15, 0.2) is 48.5 Å². The zero-order valence-electron chi connectivity index (χ0n) is 16.4. The summed E-state index contributed by atoms with van der Waals surface area (Å²) in [5.41, 5.74) is -4.06. The van der Waals surface area contributed by atoms with Crippen molar-refractivity contribution in [1.82, 2.24) is 9.78 Å². The Morgan fingerprint density at radius 3 is 2.26 bits per heavy atom. The maximum absolute atomic E-state index is 14.8. The number of nitrogens with zero attached hydrogens (tertiary/aromatic N) is 2. The molecule has 0 amide bonds. The van der Waals surface area contributed by atoms with Crippen LogP contribution in [0.2, 0.25) is 10.0 Å². The van der Waals surface area contributed by atoms with Gasteiger partial charge in [0.2, 0.25) is 0 Å². The Bertz CT molecular complexity index is 1500. The van der Waals surface area contributed by atoms with Gasteiger partial charge in [-0.05, 0) is 36.4 Å². The van der Waals surface area contributed by atoms with Crippen molar-refractivity contribution in [3.05, 3.63) is 86.9 Å². The van der Waals surface area contributed by atoms with Gasteiger partial charge >= 0.3 is 12.1 Å². The highest BCUT2D eigenvalue weighted by Crippen LogP contribution is 2.38. The second-order valence-electron chi connectivity index (χ2n) is 6.98. The van der Waals surface area contributed by atoms with E-state index in [1.54, 1.807) is 0 Å². The fraction of sp³-hybridized carbons (Fsp3) is 0.0455. The quantitative estimate of drug-likeness (QED) is 0.309. The molecular formula is C22H9Cl2F5N2O3. The molecule has 0 unspecified atom stereocenters. The van der Waals surface area contributed by atoms with Crippen LogP contribution < -0.4 is 0 Å². The Balaban J connectivity index is 2.02. The van der Waals surface area contributed by atoms with E-state index in [0.717, 1.165) is 24.3 Å². The van der Waals surface area contributed by atoms with Crippen molar-refractivity contribution in [2.24, 2.45) is 0 Å². The van der Waals surface area contributed by atoms with Crippen LogP contribution in [0.4, 0.5) is 22.0 Å². The summed E-state index contributed by atoms with van der Waals surface area (Å²) in [5, 5.41) is 11.7. The number of halogens is 7. The minimum atomic E-state index is -4.95. The highest BCUT2D eigenvalue weighted by molar-refractivity contribution is 6.34. The molecule has 0 aliphatic rings. The molecule has 0 radical (unpaired) electrons. The van der Waals surface area contributed by atoms with Crippen molar-refractivity contribution in [2.45, 2.75) is 6.18 Å². The number of fused-ring (bicyclic) bond motifs is 1. The monoisotopic (exact) mass is 514 g/mol. The number of carboxylic acids is 1. The second kappa shape index (κ2) is 8.37. The average molecular weight is 515 g/mol. The van der Waals surface area contributed by atoms with Crippen LogP contribution in [0.5, 0.6) is 0 Å². The van der Waals surface area contributed by atoms with Crippen molar-refractivity contribution in [3.63, 3.8) is 0 Å². The number of aromatic nitrogens is 2. The Morgan fingerprint density at radius 1 is 0.941 bits per heavy atom. The van der Waals surface area contributed by atoms with Gasteiger partial charge < -0.3 is 5.11 Å². The first kappa shape index (κ1) is 23.7. The van der Waals surface area contributed by atoms with Gasteiger partial charge in [-0.25, -0.2) is 13.6 Å². The highest BCUT2D eigenvalue weighted by Gasteiger charge is 2.37. The first-order valence-corrected chi connectivity index (χ1v) is 9.97. The number of rotatable bonds is 3. The molecule has 1 aromatic heterocycles. The summed E-state index contributed by atoms with van der Waals surface area (Å²) in [6.45, 7) is 0. The van der Waals surface area contributed by atoms with E-state index in [9.17, 15) is 31.5 Å². The van der Waals surface area contributed by atoms with Crippen LogP contribution >= 0.6 is 23.2 Å². The molecule has 0 aliphatic carbocycles. The van der Waals surface area contributed by atoms with E-state index in [-0.39, 0.29) is 5.52 Å². The van der Waals surface area contributed by atoms with E-state index < -0.39 is 73.1 Å². The molecule has 0 spiro atoms. The third-order valence-electron chi connectivity index (χ3n) is 4.92. The Morgan fingerprint density at radius 2 is 1.62 bits per heavy atom. The number of carbonyl (C=O) groups is 2. The van der Waals surface area contributed by atoms with Crippen molar-refractivity contribution in [3.8, 4) is 11.3 Å². The first-order chi connectivity index (χ1) is 15.9. The summed E-state index contributed by atoms with van der Waals surface area (Å²) < 4.78 is 70.7. The number of carbonyl (C=O) groups excluding carboxylic acids is 1. The number of hydrogen-bond donors (Lipinski definition) is 1. The van der Waals surface area contributed by atoms with Crippen LogP contribution in [0, 0.1) is 11.6 Å². The van der Waals surface area contributed by atoms with Crippen LogP contribution in [0.1, 0.15) is 26.3 Å². The van der Waals surface area contributed by atoms with E-state index in [1.807, 2.05) is 0 Å². The van der Waals surface area contributed by atoms with Crippen molar-refractivity contribution in [1.29, 1.82) is 0 Å². The molecule has 34 heavy (non-hydrogen) atoms. The molecule has 4 rings (SSSR count). The zero-order chi connectivity index (χ0) is 24.9. The van der Waals surface area contributed by atoms with E-state index in [0.29, 0.717) is 16.8 Å². The molecule has 174 valence electrons. The van der Waals surface area contributed by atoms with Gasteiger partial charge in [-0.3, -0.25) is 4.79 Å². The van der Waals surface area contributed by atoms with Gasteiger partial charge in [0, 0.05) is 5.56 Å². The molecule has 3 aromatic carbocycles. The van der Waals surface area contributed by atoms with Gasteiger partial charge in [0.1, 0.15) is 17.3 Å². The summed E-state index contributed by atoms with van der Waals surface area (Å²) in [5.74, 6) is -4.98. The van der Waals surface area contributed by atoms with Crippen molar-refractivity contribution < 1.29 is 36.6 Å². The molecule has 1 N–H and O–H groups in total. The van der Waals surface area contributed by atoms with Gasteiger partial charge in [0.25, 0.3) is 5.91 Å². The normalized spacial score (nSPS) is 11.7. The third kappa shape index (κ3) is 3.88. The molecule has 0 fully saturated rings. The lowest BCUT2D eigenvalue weighted by atomic mass is 10.0. The third-order valence-corrected chi connectivity index (χ3v) is 5.55. The number of alkyl halides is 3. The summed E-state index contributed by atoms with van der Waals surface area (Å²) in [6, 6.07) is 7.55. The number of aromatic carboxylic acids is 1. The molecule has 0 atom stereocenters. The van der Waals surface area contributed by atoms with Gasteiger partial charge in [0.05, 0.1) is 37.6 Å². The van der Waals surface area contributed by atoms with Crippen LogP contribution in [-0.4, -0.2) is 26.8 Å². The highest BCUT2D eigenvalue weighted by atomic mass is 35.5. The Kier molecular flexibility index (Phi) is 5.82. The Hall–Kier alpha value is -3.50. The minimum Gasteiger partial charge on any atom is -0.478 e. The van der Waals surface area contributed by atoms with Crippen LogP contribution in [0.25, 0.3) is 22.2 Å². The summed E-state index contributed by atoms with van der Waals surface area (Å²) in [7, 11) is 0. The first-order valence-electron chi connectivity index (χ1n) is 9.22. The topological polar surface area (TPSA) is 72.2 Å². The lowest BCUT2D eigenvalue weighted by Gasteiger charge is -2.13. The summed E-state index contributed by atoms with van der Waals surface area (Å²) >= 11 is 11.8. The zero-order valence-corrected chi connectivity index (χ0v) is 17.9. The van der Waals surface area contributed by atoms with Crippen molar-refractivity contribution >= 4 is 46.0 Å². The van der Waals surface area contributed by atoms with Crippen LogP contribution in [0.3, 0.4) is 0 Å². The molecule has 4 aromatic rings. The number of carboxylic acid groups (broad SMARTS) is 1. The molecule has 0 aliphatic heterocycles. The van der Waals surface area contributed by atoms with Gasteiger partial charge in [-0.15, -0.1) is 0 Å². The minimum absolute atomic E-state index is 0.272. The van der Waals surface area contributed by atoms with Gasteiger partial charge in [-0.1, -0.05) is 35.3 Å². The molecule has 5 nitrogen and oxygen atoms in total. The lowest BCUT2D eigenvalue weighted by molar-refractivity contribution is -0.137. The molecule has 0 saturated heterocycles. The fourth-order valence-corrected chi connectivity index (χ4v) is 3.95. The largest absolute Gasteiger partial charge is 0.478 e. The number of benzene rings is 3. The summed E-state index contributed by atoms with van der Waals surface area (Å²) in [6.07, 6.45) is -4.95. The molecular weight excluding hydrogens is 506 g/mol. The Labute approximate surface area is 196 Å². The van der Waals surface area contributed by atoms with E-state index in [1.165, 1.54) is 12.1 Å². The standard InChI is InChI=1S/C22H9Cl2F5N2O3/c23-12-4-1-3-11(22(27,28)29)17(12)20(32)31-16-6-2-5-14(25)18(16)19(30-31)10-7-13(24)9(21(33)34)8-15(10)26/h1-8H,(H,33,34). The maximum atomic E-state index is 14.8. The van der Waals surface area contributed by atoms with E-state index >= 15 is 0 Å². The van der Waals surface area contributed by atoms with E-state index in [2.05, 4.69) is 5.10 Å². The van der Waals surface area contributed by atoms with Gasteiger partial charge in [0.15, 0.2) is 0 Å². The predicted molar refractivity (Wildman–Crippen MR) is 113 cm³/mol. The van der Waals surface area contributed by atoms with E-state index in [4.69, 9.17) is 28.3 Å².